The van der Waals surface area contributed by atoms with E-state index < -0.39 is 17.7 Å². The van der Waals surface area contributed by atoms with Crippen molar-refractivity contribution in [2.45, 2.75) is 58.0 Å². The van der Waals surface area contributed by atoms with Gasteiger partial charge in [-0.1, -0.05) is 45.1 Å². The quantitative estimate of drug-likeness (QED) is 0.806. The van der Waals surface area contributed by atoms with E-state index in [9.17, 15) is 13.9 Å². The Morgan fingerprint density at radius 3 is 2.30 bits per heavy atom. The first-order valence-corrected chi connectivity index (χ1v) is 7.75. The topological polar surface area (TPSA) is 20.2 Å². The van der Waals surface area contributed by atoms with E-state index in [0.29, 0.717) is 0 Å². The maximum absolute atomic E-state index is 13.7. The Bertz CT molecular complexity index is 405. The van der Waals surface area contributed by atoms with Crippen LogP contribution >= 0.6 is 0 Å². The Balaban J connectivity index is 1.96. The van der Waals surface area contributed by atoms with Gasteiger partial charge in [-0.2, -0.15) is 0 Å². The zero-order valence-corrected chi connectivity index (χ0v) is 12.1. The van der Waals surface area contributed by atoms with Crippen LogP contribution in [0.5, 0.6) is 0 Å². The molecule has 1 aromatic carbocycles. The van der Waals surface area contributed by atoms with E-state index in [1.807, 2.05) is 0 Å². The van der Waals surface area contributed by atoms with E-state index in [1.54, 1.807) is 0 Å². The van der Waals surface area contributed by atoms with Crippen LogP contribution in [0.4, 0.5) is 8.78 Å². The Morgan fingerprint density at radius 2 is 1.75 bits per heavy atom. The van der Waals surface area contributed by atoms with Gasteiger partial charge >= 0.3 is 0 Å². The highest BCUT2D eigenvalue weighted by molar-refractivity contribution is 5.22. The van der Waals surface area contributed by atoms with Crippen molar-refractivity contribution in [1.82, 2.24) is 0 Å². The third-order valence-electron chi connectivity index (χ3n) is 4.60. The van der Waals surface area contributed by atoms with Crippen LogP contribution in [0.25, 0.3) is 0 Å². The SMILES string of the molecule is CCCCC1CCC(C(O)c2c(F)cccc2F)CC1. The molecule has 1 unspecified atom stereocenters. The van der Waals surface area contributed by atoms with Crippen LogP contribution in [-0.4, -0.2) is 5.11 Å². The number of hydrogen-bond donors (Lipinski definition) is 1. The van der Waals surface area contributed by atoms with Gasteiger partial charge in [0.15, 0.2) is 0 Å². The van der Waals surface area contributed by atoms with Crippen LogP contribution in [0.15, 0.2) is 18.2 Å². The fourth-order valence-corrected chi connectivity index (χ4v) is 3.31. The van der Waals surface area contributed by atoms with E-state index in [0.717, 1.165) is 31.6 Å². The molecule has 0 heterocycles. The number of halogens is 2. The Morgan fingerprint density at radius 1 is 1.15 bits per heavy atom. The van der Waals surface area contributed by atoms with Gasteiger partial charge in [-0.05, 0) is 36.8 Å². The second-order valence-corrected chi connectivity index (χ2v) is 6.00. The molecule has 0 aromatic heterocycles. The summed E-state index contributed by atoms with van der Waals surface area (Å²) in [7, 11) is 0. The molecule has 0 amide bonds. The zero-order chi connectivity index (χ0) is 14.5. The lowest BCUT2D eigenvalue weighted by Gasteiger charge is -2.32. The third-order valence-corrected chi connectivity index (χ3v) is 4.60. The van der Waals surface area contributed by atoms with Crippen molar-refractivity contribution in [1.29, 1.82) is 0 Å². The smallest absolute Gasteiger partial charge is 0.131 e. The van der Waals surface area contributed by atoms with Gasteiger partial charge in [-0.3, -0.25) is 0 Å². The Hall–Kier alpha value is -0.960. The van der Waals surface area contributed by atoms with Gasteiger partial charge in [0.05, 0.1) is 11.7 Å². The molecule has 3 heteroatoms. The van der Waals surface area contributed by atoms with Crippen molar-refractivity contribution >= 4 is 0 Å². The fraction of sp³-hybridized carbons (Fsp3) is 0.647. The van der Waals surface area contributed by atoms with E-state index >= 15 is 0 Å². The molecule has 2 rings (SSSR count). The summed E-state index contributed by atoms with van der Waals surface area (Å²) in [5.74, 6) is -0.556. The van der Waals surface area contributed by atoms with Gasteiger partial charge in [-0.15, -0.1) is 0 Å². The largest absolute Gasteiger partial charge is 0.388 e. The van der Waals surface area contributed by atoms with Crippen molar-refractivity contribution in [3.05, 3.63) is 35.4 Å². The van der Waals surface area contributed by atoms with Crippen LogP contribution in [0.1, 0.15) is 63.5 Å². The van der Waals surface area contributed by atoms with Crippen molar-refractivity contribution in [2.24, 2.45) is 11.8 Å². The van der Waals surface area contributed by atoms with Crippen LogP contribution in [-0.2, 0) is 0 Å². The molecule has 20 heavy (non-hydrogen) atoms. The minimum absolute atomic E-state index is 0.0146. The van der Waals surface area contributed by atoms with Crippen LogP contribution in [0, 0.1) is 23.5 Å². The first-order valence-electron chi connectivity index (χ1n) is 7.75. The monoisotopic (exact) mass is 282 g/mol. The number of unbranched alkanes of at least 4 members (excludes halogenated alkanes) is 1. The molecule has 0 spiro atoms. The first-order chi connectivity index (χ1) is 9.63. The summed E-state index contributed by atoms with van der Waals surface area (Å²) in [6.07, 6.45) is 6.56. The maximum Gasteiger partial charge on any atom is 0.131 e. The van der Waals surface area contributed by atoms with Gasteiger partial charge in [0.1, 0.15) is 11.6 Å². The van der Waals surface area contributed by atoms with E-state index in [1.165, 1.54) is 37.5 Å². The normalized spacial score (nSPS) is 24.6. The van der Waals surface area contributed by atoms with E-state index in [2.05, 4.69) is 6.92 Å². The molecule has 1 aliphatic rings. The highest BCUT2D eigenvalue weighted by Gasteiger charge is 2.30. The highest BCUT2D eigenvalue weighted by atomic mass is 19.1. The number of rotatable bonds is 5. The van der Waals surface area contributed by atoms with E-state index in [4.69, 9.17) is 0 Å². The van der Waals surface area contributed by atoms with Crippen LogP contribution in [0.2, 0.25) is 0 Å². The zero-order valence-electron chi connectivity index (χ0n) is 12.1. The molecule has 1 saturated carbocycles. The molecule has 0 radical (unpaired) electrons. The lowest BCUT2D eigenvalue weighted by Crippen LogP contribution is -2.22. The summed E-state index contributed by atoms with van der Waals surface area (Å²) >= 11 is 0. The molecule has 112 valence electrons. The van der Waals surface area contributed by atoms with Crippen molar-refractivity contribution < 1.29 is 13.9 Å². The number of aliphatic hydroxyl groups excluding tert-OH is 1. The maximum atomic E-state index is 13.7. The first kappa shape index (κ1) is 15.4. The molecular weight excluding hydrogens is 258 g/mol. The number of benzene rings is 1. The summed E-state index contributed by atoms with van der Waals surface area (Å²) in [5, 5.41) is 10.3. The molecule has 1 N–H and O–H groups in total. The number of hydrogen-bond acceptors (Lipinski definition) is 1. The minimum Gasteiger partial charge on any atom is -0.388 e. The van der Waals surface area contributed by atoms with Gasteiger partial charge in [0.25, 0.3) is 0 Å². The second-order valence-electron chi connectivity index (χ2n) is 6.00. The van der Waals surface area contributed by atoms with Gasteiger partial charge in [0, 0.05) is 0 Å². The van der Waals surface area contributed by atoms with Crippen molar-refractivity contribution in [3.8, 4) is 0 Å². The standard InChI is InChI=1S/C17H24F2O/c1-2-3-5-12-8-10-13(11-9-12)17(20)16-14(18)6-4-7-15(16)19/h4,6-7,12-13,17,20H,2-3,5,8-11H2,1H3. The average Bonchev–Trinajstić information content (AvgIpc) is 2.45. The lowest BCUT2D eigenvalue weighted by molar-refractivity contribution is 0.0661. The summed E-state index contributed by atoms with van der Waals surface area (Å²) < 4.78 is 27.4. The Labute approximate surface area is 120 Å². The average molecular weight is 282 g/mol. The molecular formula is C17H24F2O. The number of aliphatic hydroxyl groups is 1. The second kappa shape index (κ2) is 7.16. The van der Waals surface area contributed by atoms with Crippen LogP contribution < -0.4 is 0 Å². The van der Waals surface area contributed by atoms with Crippen LogP contribution in [0.3, 0.4) is 0 Å². The molecule has 0 saturated heterocycles. The third kappa shape index (κ3) is 3.57. The predicted molar refractivity (Wildman–Crippen MR) is 76.3 cm³/mol. The summed E-state index contributed by atoms with van der Waals surface area (Å²) in [6.45, 7) is 2.19. The van der Waals surface area contributed by atoms with E-state index in [-0.39, 0.29) is 11.5 Å². The predicted octanol–water partition coefficient (Wildman–Crippen LogP) is 4.99. The summed E-state index contributed by atoms with van der Waals surface area (Å²) in [4.78, 5) is 0. The van der Waals surface area contributed by atoms with Gasteiger partial charge in [-0.25, -0.2) is 8.78 Å². The lowest BCUT2D eigenvalue weighted by atomic mass is 9.76. The fourth-order valence-electron chi connectivity index (χ4n) is 3.31. The molecule has 0 aliphatic heterocycles. The van der Waals surface area contributed by atoms with Gasteiger partial charge in [0.2, 0.25) is 0 Å². The molecule has 1 fully saturated rings. The minimum atomic E-state index is -1.01. The summed E-state index contributed by atoms with van der Waals surface area (Å²) in [5.41, 5.74) is -0.149. The van der Waals surface area contributed by atoms with Crippen molar-refractivity contribution in [3.63, 3.8) is 0 Å². The molecule has 1 atom stereocenters. The molecule has 1 aliphatic carbocycles. The van der Waals surface area contributed by atoms with Gasteiger partial charge < -0.3 is 5.11 Å². The molecule has 1 nitrogen and oxygen atoms in total. The van der Waals surface area contributed by atoms with Crippen molar-refractivity contribution in [2.75, 3.05) is 0 Å². The molecule has 0 bridgehead atoms. The summed E-state index contributed by atoms with van der Waals surface area (Å²) in [6, 6.07) is 3.77. The molecule has 1 aromatic rings. The Kier molecular flexibility index (Phi) is 5.53. The highest BCUT2D eigenvalue weighted by Crippen LogP contribution is 2.39.